The number of nitrogens with one attached hydrogen (secondary N) is 1. The molecule has 4 nitrogen and oxygen atoms in total. The van der Waals surface area contributed by atoms with Crippen molar-refractivity contribution in [2.75, 3.05) is 18.5 Å². The van der Waals surface area contributed by atoms with Crippen LogP contribution in [-0.2, 0) is 6.42 Å². The Labute approximate surface area is 109 Å². The highest BCUT2D eigenvalue weighted by Crippen LogP contribution is 2.32. The average Bonchev–Trinajstić information content (AvgIpc) is 2.91. The smallest absolute Gasteiger partial charge is 0.173 e. The molecule has 1 aliphatic rings. The number of ketones is 1. The van der Waals surface area contributed by atoms with Gasteiger partial charge in [0.1, 0.15) is 11.6 Å². The molecule has 1 aliphatic heterocycles. The molecular formula is C13H12N2O2S. The minimum Gasteiger partial charge on any atom is -0.489 e. The highest BCUT2D eigenvalue weighted by atomic mass is 32.1. The molecule has 0 aliphatic carbocycles. The van der Waals surface area contributed by atoms with Gasteiger partial charge < -0.3 is 10.1 Å². The maximum atomic E-state index is 12.2. The summed E-state index contributed by atoms with van der Waals surface area (Å²) in [7, 11) is 0. The van der Waals surface area contributed by atoms with Gasteiger partial charge in [0, 0.05) is 18.1 Å². The van der Waals surface area contributed by atoms with Gasteiger partial charge in [-0.3, -0.25) is 4.79 Å². The summed E-state index contributed by atoms with van der Waals surface area (Å²) in [5, 5.41) is 5.94. The van der Waals surface area contributed by atoms with E-state index >= 15 is 0 Å². The van der Waals surface area contributed by atoms with Gasteiger partial charge in [-0.1, -0.05) is 6.07 Å². The highest BCUT2D eigenvalue weighted by Gasteiger charge is 2.19. The molecule has 0 spiro atoms. The van der Waals surface area contributed by atoms with E-state index in [1.165, 1.54) is 11.3 Å². The number of hydrogen-bond acceptors (Lipinski definition) is 5. The van der Waals surface area contributed by atoms with Gasteiger partial charge in [-0.25, -0.2) is 4.98 Å². The number of ether oxygens (including phenoxy) is 1. The number of aromatic nitrogens is 1. The van der Waals surface area contributed by atoms with Crippen molar-refractivity contribution in [2.45, 2.75) is 6.42 Å². The van der Waals surface area contributed by atoms with Crippen molar-refractivity contribution in [1.29, 1.82) is 0 Å². The van der Waals surface area contributed by atoms with Gasteiger partial charge in [0.05, 0.1) is 17.7 Å². The first-order chi connectivity index (χ1) is 8.84. The fourth-order valence-corrected chi connectivity index (χ4v) is 2.58. The van der Waals surface area contributed by atoms with E-state index in [2.05, 4.69) is 10.3 Å². The number of para-hydroxylation sites is 1. The number of Topliss-reactive ketones (excluding diaryl/α,β-unsaturated/α-hetero) is 1. The molecule has 0 amide bonds. The maximum Gasteiger partial charge on any atom is 0.173 e. The zero-order valence-electron chi connectivity index (χ0n) is 9.68. The van der Waals surface area contributed by atoms with Crippen LogP contribution in [-0.4, -0.2) is 23.9 Å². The van der Waals surface area contributed by atoms with Gasteiger partial charge in [-0.15, -0.1) is 11.3 Å². The summed E-state index contributed by atoms with van der Waals surface area (Å²) in [6.07, 6.45) is 2.04. The summed E-state index contributed by atoms with van der Waals surface area (Å²) in [4.78, 5) is 16.4. The molecule has 0 saturated carbocycles. The standard InChI is InChI=1S/C13H12N2O2S/c16-11(8-12-15-5-7-18-12)9-2-1-3-10-13(9)17-6-4-14-10/h1-3,5,7,14H,4,6,8H2. The molecular weight excluding hydrogens is 248 g/mol. The van der Waals surface area contributed by atoms with Crippen LogP contribution in [0.15, 0.2) is 29.8 Å². The van der Waals surface area contributed by atoms with Crippen LogP contribution in [0.1, 0.15) is 15.4 Å². The van der Waals surface area contributed by atoms with Gasteiger partial charge in [0.25, 0.3) is 0 Å². The fraction of sp³-hybridized carbons (Fsp3) is 0.231. The van der Waals surface area contributed by atoms with E-state index in [9.17, 15) is 4.79 Å². The molecule has 0 atom stereocenters. The van der Waals surface area contributed by atoms with Gasteiger partial charge in [0.2, 0.25) is 0 Å². The quantitative estimate of drug-likeness (QED) is 0.861. The number of benzene rings is 1. The second-order valence-corrected chi connectivity index (χ2v) is 4.96. The maximum absolute atomic E-state index is 12.2. The summed E-state index contributed by atoms with van der Waals surface area (Å²) >= 11 is 1.49. The Kier molecular flexibility index (Phi) is 2.98. The van der Waals surface area contributed by atoms with E-state index in [4.69, 9.17) is 4.74 Å². The zero-order valence-corrected chi connectivity index (χ0v) is 10.5. The lowest BCUT2D eigenvalue weighted by Gasteiger charge is -2.21. The van der Waals surface area contributed by atoms with Crippen molar-refractivity contribution in [3.05, 3.63) is 40.3 Å². The van der Waals surface area contributed by atoms with E-state index in [0.29, 0.717) is 24.3 Å². The second kappa shape index (κ2) is 4.78. The van der Waals surface area contributed by atoms with Crippen LogP contribution in [0, 0.1) is 0 Å². The van der Waals surface area contributed by atoms with Gasteiger partial charge in [0.15, 0.2) is 11.5 Å². The predicted octanol–water partition coefficient (Wildman–Crippen LogP) is 2.37. The minimum atomic E-state index is 0.0468. The predicted molar refractivity (Wildman–Crippen MR) is 70.6 cm³/mol. The molecule has 3 rings (SSSR count). The highest BCUT2D eigenvalue weighted by molar-refractivity contribution is 7.09. The van der Waals surface area contributed by atoms with Crippen LogP contribution in [0.2, 0.25) is 0 Å². The number of thiazole rings is 1. The van der Waals surface area contributed by atoms with Crippen LogP contribution in [0.4, 0.5) is 5.69 Å². The second-order valence-electron chi connectivity index (χ2n) is 3.98. The first-order valence-electron chi connectivity index (χ1n) is 5.76. The molecule has 92 valence electrons. The molecule has 1 aromatic carbocycles. The minimum absolute atomic E-state index is 0.0468. The first-order valence-corrected chi connectivity index (χ1v) is 6.64. The van der Waals surface area contributed by atoms with E-state index in [1.807, 2.05) is 23.6 Å². The molecule has 2 heterocycles. The molecule has 1 N–H and O–H groups in total. The molecule has 2 aromatic rings. The summed E-state index contributed by atoms with van der Waals surface area (Å²) in [6, 6.07) is 5.60. The van der Waals surface area contributed by atoms with Crippen molar-refractivity contribution >= 4 is 22.8 Å². The number of rotatable bonds is 3. The van der Waals surface area contributed by atoms with Crippen molar-refractivity contribution < 1.29 is 9.53 Å². The lowest BCUT2D eigenvalue weighted by molar-refractivity contribution is 0.0989. The van der Waals surface area contributed by atoms with Crippen molar-refractivity contribution in [1.82, 2.24) is 4.98 Å². The van der Waals surface area contributed by atoms with Gasteiger partial charge in [-0.2, -0.15) is 0 Å². The Balaban J connectivity index is 1.89. The Morgan fingerprint density at radius 3 is 3.28 bits per heavy atom. The zero-order chi connectivity index (χ0) is 12.4. The number of carbonyl (C=O) groups excluding carboxylic acids is 1. The number of hydrogen-bond donors (Lipinski definition) is 1. The van der Waals surface area contributed by atoms with Crippen LogP contribution in [0.3, 0.4) is 0 Å². The average molecular weight is 260 g/mol. The largest absolute Gasteiger partial charge is 0.489 e. The molecule has 0 radical (unpaired) electrons. The summed E-state index contributed by atoms with van der Waals surface area (Å²) < 4.78 is 5.59. The van der Waals surface area contributed by atoms with Crippen molar-refractivity contribution in [3.63, 3.8) is 0 Å². The van der Waals surface area contributed by atoms with Gasteiger partial charge in [-0.05, 0) is 12.1 Å². The van der Waals surface area contributed by atoms with Crippen molar-refractivity contribution in [2.24, 2.45) is 0 Å². The Hall–Kier alpha value is -1.88. The lowest BCUT2D eigenvalue weighted by Crippen LogP contribution is -2.20. The number of nitrogens with zero attached hydrogens (tertiary/aromatic N) is 1. The fourth-order valence-electron chi connectivity index (χ4n) is 1.96. The third-order valence-corrected chi connectivity index (χ3v) is 3.55. The molecule has 18 heavy (non-hydrogen) atoms. The molecule has 1 aromatic heterocycles. The Morgan fingerprint density at radius 2 is 2.44 bits per heavy atom. The van der Waals surface area contributed by atoms with Crippen LogP contribution < -0.4 is 10.1 Å². The van der Waals surface area contributed by atoms with E-state index in [0.717, 1.165) is 17.2 Å². The Bertz CT molecular complexity index is 566. The first kappa shape index (κ1) is 11.2. The molecule has 0 fully saturated rings. The molecule has 5 heteroatoms. The molecule has 0 unspecified atom stereocenters. The summed E-state index contributed by atoms with van der Waals surface area (Å²) in [5.74, 6) is 0.718. The summed E-state index contributed by atoms with van der Waals surface area (Å²) in [6.45, 7) is 1.37. The lowest BCUT2D eigenvalue weighted by atomic mass is 10.1. The monoisotopic (exact) mass is 260 g/mol. The van der Waals surface area contributed by atoms with E-state index in [1.54, 1.807) is 6.20 Å². The number of fused-ring (bicyclic) bond motifs is 1. The topological polar surface area (TPSA) is 51.2 Å². The SMILES string of the molecule is O=C(Cc1nccs1)c1cccc2c1OCCN2. The molecule has 0 bridgehead atoms. The van der Waals surface area contributed by atoms with Crippen LogP contribution in [0.25, 0.3) is 0 Å². The third kappa shape index (κ3) is 2.09. The van der Waals surface area contributed by atoms with Crippen LogP contribution >= 0.6 is 11.3 Å². The van der Waals surface area contributed by atoms with E-state index in [-0.39, 0.29) is 5.78 Å². The molecule has 0 saturated heterocycles. The van der Waals surface area contributed by atoms with Crippen molar-refractivity contribution in [3.8, 4) is 5.75 Å². The van der Waals surface area contributed by atoms with Gasteiger partial charge >= 0.3 is 0 Å². The normalized spacial score (nSPS) is 13.3. The Morgan fingerprint density at radius 1 is 1.50 bits per heavy atom. The summed E-state index contributed by atoms with van der Waals surface area (Å²) in [5.41, 5.74) is 1.53. The number of anilines is 1. The van der Waals surface area contributed by atoms with Crippen LogP contribution in [0.5, 0.6) is 5.75 Å². The number of carbonyl (C=O) groups is 1. The van der Waals surface area contributed by atoms with E-state index < -0.39 is 0 Å². The third-order valence-electron chi connectivity index (χ3n) is 2.77.